The van der Waals surface area contributed by atoms with E-state index < -0.39 is 17.3 Å². The zero-order valence-electron chi connectivity index (χ0n) is 12.0. The second-order valence-corrected chi connectivity index (χ2v) is 5.47. The molecule has 0 aliphatic carbocycles. The Morgan fingerprint density at radius 2 is 2.26 bits per heavy atom. The smallest absolute Gasteiger partial charge is 0.352 e. The molecule has 0 spiro atoms. The van der Waals surface area contributed by atoms with Gasteiger partial charge in [-0.05, 0) is 6.07 Å². The molecular formula is C15H13F2N3O3. The van der Waals surface area contributed by atoms with Crippen LogP contribution in [0.1, 0.15) is 5.56 Å². The summed E-state index contributed by atoms with van der Waals surface area (Å²) in [5, 5.41) is 0. The fourth-order valence-corrected chi connectivity index (χ4v) is 2.87. The molecule has 120 valence electrons. The Morgan fingerprint density at radius 1 is 1.39 bits per heavy atom. The summed E-state index contributed by atoms with van der Waals surface area (Å²) in [5.41, 5.74) is -0.360. The Balaban J connectivity index is 1.59. The van der Waals surface area contributed by atoms with E-state index in [0.29, 0.717) is 25.7 Å². The summed E-state index contributed by atoms with van der Waals surface area (Å²) < 4.78 is 39.1. The van der Waals surface area contributed by atoms with E-state index in [1.807, 2.05) is 4.90 Å². The average molecular weight is 321 g/mol. The molecule has 1 aromatic heterocycles. The Morgan fingerprint density at radius 3 is 3.13 bits per heavy atom. The molecule has 0 unspecified atom stereocenters. The summed E-state index contributed by atoms with van der Waals surface area (Å²) in [4.78, 5) is 17.9. The second-order valence-electron chi connectivity index (χ2n) is 5.47. The number of halogens is 2. The molecular weight excluding hydrogens is 308 g/mol. The highest BCUT2D eigenvalue weighted by atomic mass is 19.2. The highest BCUT2D eigenvalue weighted by Gasteiger charge is 2.35. The Bertz CT molecular complexity index is 824. The Kier molecular flexibility index (Phi) is 3.26. The quantitative estimate of drug-likeness (QED) is 0.852. The van der Waals surface area contributed by atoms with E-state index in [0.717, 1.165) is 6.07 Å². The number of benzene rings is 1. The van der Waals surface area contributed by atoms with Crippen molar-refractivity contribution in [1.29, 1.82) is 0 Å². The van der Waals surface area contributed by atoms with Crippen LogP contribution in [0.25, 0.3) is 0 Å². The summed E-state index contributed by atoms with van der Waals surface area (Å²) in [6, 6.07) is 5.59. The third-order valence-corrected chi connectivity index (χ3v) is 4.04. The number of aromatic nitrogens is 2. The minimum Gasteiger partial charge on any atom is -0.472 e. The lowest BCUT2D eigenvalue weighted by molar-refractivity contribution is 0.189. The van der Waals surface area contributed by atoms with E-state index in [4.69, 9.17) is 9.47 Å². The molecule has 2 aliphatic heterocycles. The van der Waals surface area contributed by atoms with E-state index in [9.17, 15) is 13.6 Å². The molecule has 2 aromatic rings. The van der Waals surface area contributed by atoms with Crippen LogP contribution >= 0.6 is 0 Å². The van der Waals surface area contributed by atoms with Gasteiger partial charge in [0.2, 0.25) is 5.88 Å². The van der Waals surface area contributed by atoms with Gasteiger partial charge in [-0.25, -0.2) is 13.6 Å². The van der Waals surface area contributed by atoms with Crippen molar-refractivity contribution >= 4 is 5.82 Å². The van der Waals surface area contributed by atoms with Gasteiger partial charge in [-0.15, -0.1) is 0 Å². The van der Waals surface area contributed by atoms with Crippen molar-refractivity contribution in [3.05, 3.63) is 51.9 Å². The van der Waals surface area contributed by atoms with Crippen LogP contribution in [0.2, 0.25) is 0 Å². The minimum absolute atomic E-state index is 0.0646. The maximum Gasteiger partial charge on any atom is 0.352 e. The maximum atomic E-state index is 13.6. The number of nitrogens with zero attached hydrogens (tertiary/aromatic N) is 3. The fraction of sp³-hybridized carbons (Fsp3) is 0.333. The van der Waals surface area contributed by atoms with Gasteiger partial charge in [0.05, 0.1) is 19.2 Å². The van der Waals surface area contributed by atoms with Gasteiger partial charge in [-0.1, -0.05) is 12.1 Å². The predicted molar refractivity (Wildman–Crippen MR) is 76.3 cm³/mol. The molecule has 0 N–H and O–H groups in total. The van der Waals surface area contributed by atoms with E-state index in [2.05, 4.69) is 4.98 Å². The summed E-state index contributed by atoms with van der Waals surface area (Å²) in [6.07, 6.45) is 0. The van der Waals surface area contributed by atoms with Crippen LogP contribution in [0.3, 0.4) is 0 Å². The molecule has 2 aliphatic rings. The molecule has 6 nitrogen and oxygen atoms in total. The zero-order chi connectivity index (χ0) is 16.0. The van der Waals surface area contributed by atoms with E-state index in [1.165, 1.54) is 12.1 Å². The summed E-state index contributed by atoms with van der Waals surface area (Å²) in [7, 11) is 0. The lowest BCUT2D eigenvalue weighted by Crippen LogP contribution is -2.26. The summed E-state index contributed by atoms with van der Waals surface area (Å²) in [6.45, 7) is 1.29. The van der Waals surface area contributed by atoms with Crippen LogP contribution in [0, 0.1) is 11.6 Å². The Labute approximate surface area is 129 Å². The standard InChI is InChI=1S/C15H13F2N3O3/c16-11-3-1-2-9(14(11)17)6-23-12-4-13-19(15(21)18-12)5-10-7-22-8-20(10)13/h1-4,10H,5-8H2/t10-/m0/s1. The highest BCUT2D eigenvalue weighted by molar-refractivity contribution is 5.47. The van der Waals surface area contributed by atoms with Crippen LogP contribution in [0.5, 0.6) is 5.88 Å². The molecule has 4 rings (SSSR count). The molecule has 0 bridgehead atoms. The normalized spacial score (nSPS) is 18.9. The number of fused-ring (bicyclic) bond motifs is 3. The molecule has 1 fully saturated rings. The van der Waals surface area contributed by atoms with Crippen LogP contribution in [0.15, 0.2) is 29.1 Å². The van der Waals surface area contributed by atoms with Crippen LogP contribution in [-0.2, 0) is 17.9 Å². The maximum absolute atomic E-state index is 13.6. The first-order valence-corrected chi connectivity index (χ1v) is 7.15. The Hall–Kier alpha value is -2.48. The van der Waals surface area contributed by atoms with E-state index >= 15 is 0 Å². The number of rotatable bonds is 3. The molecule has 1 atom stereocenters. The van der Waals surface area contributed by atoms with Crippen LogP contribution < -0.4 is 15.3 Å². The summed E-state index contributed by atoms with van der Waals surface area (Å²) in [5.74, 6) is -1.15. The number of ether oxygens (including phenoxy) is 2. The van der Waals surface area contributed by atoms with Crippen molar-refractivity contribution in [1.82, 2.24) is 9.55 Å². The third kappa shape index (κ3) is 2.35. The highest BCUT2D eigenvalue weighted by Crippen LogP contribution is 2.29. The number of anilines is 1. The average Bonchev–Trinajstić information content (AvgIpc) is 3.11. The number of hydrogen-bond donors (Lipinski definition) is 0. The minimum atomic E-state index is -0.960. The van der Waals surface area contributed by atoms with Crippen molar-refractivity contribution in [3.63, 3.8) is 0 Å². The SMILES string of the molecule is O=c1nc(OCc2cccc(F)c2F)cc2n1C[C@H]1COCN21. The zero-order valence-corrected chi connectivity index (χ0v) is 12.0. The molecule has 1 aromatic carbocycles. The van der Waals surface area contributed by atoms with Crippen molar-refractivity contribution in [2.24, 2.45) is 0 Å². The van der Waals surface area contributed by atoms with Gasteiger partial charge in [0.1, 0.15) is 19.2 Å². The monoisotopic (exact) mass is 321 g/mol. The molecule has 0 radical (unpaired) electrons. The van der Waals surface area contributed by atoms with Gasteiger partial charge >= 0.3 is 5.69 Å². The first kappa shape index (κ1) is 14.1. The number of hydrogen-bond acceptors (Lipinski definition) is 5. The van der Waals surface area contributed by atoms with Crippen molar-refractivity contribution < 1.29 is 18.3 Å². The van der Waals surface area contributed by atoms with Gasteiger partial charge in [0, 0.05) is 11.6 Å². The van der Waals surface area contributed by atoms with Crippen LogP contribution in [0.4, 0.5) is 14.6 Å². The third-order valence-electron chi connectivity index (χ3n) is 4.04. The first-order valence-electron chi connectivity index (χ1n) is 7.15. The van der Waals surface area contributed by atoms with E-state index in [1.54, 1.807) is 10.6 Å². The molecule has 1 saturated heterocycles. The lowest BCUT2D eigenvalue weighted by atomic mass is 10.2. The van der Waals surface area contributed by atoms with Gasteiger partial charge in [0.25, 0.3) is 0 Å². The topological polar surface area (TPSA) is 56.6 Å². The molecule has 3 heterocycles. The summed E-state index contributed by atoms with van der Waals surface area (Å²) >= 11 is 0. The van der Waals surface area contributed by atoms with Crippen molar-refractivity contribution in [2.75, 3.05) is 18.2 Å². The second kappa shape index (κ2) is 5.31. The van der Waals surface area contributed by atoms with Gasteiger partial charge in [-0.2, -0.15) is 4.98 Å². The lowest BCUT2D eigenvalue weighted by Gasteiger charge is -2.15. The van der Waals surface area contributed by atoms with Crippen LogP contribution in [-0.4, -0.2) is 28.9 Å². The first-order chi connectivity index (χ1) is 11.1. The van der Waals surface area contributed by atoms with E-state index in [-0.39, 0.29) is 24.1 Å². The van der Waals surface area contributed by atoms with Crippen molar-refractivity contribution in [2.45, 2.75) is 19.2 Å². The molecule has 0 saturated carbocycles. The predicted octanol–water partition coefficient (Wildman–Crippen LogP) is 1.28. The molecule has 8 heteroatoms. The molecule has 23 heavy (non-hydrogen) atoms. The van der Waals surface area contributed by atoms with Crippen molar-refractivity contribution in [3.8, 4) is 5.88 Å². The van der Waals surface area contributed by atoms with Gasteiger partial charge in [0.15, 0.2) is 11.6 Å². The fourth-order valence-electron chi connectivity index (χ4n) is 2.87. The largest absolute Gasteiger partial charge is 0.472 e. The van der Waals surface area contributed by atoms with Gasteiger partial charge in [-0.3, -0.25) is 4.57 Å². The molecule has 0 amide bonds. The van der Waals surface area contributed by atoms with Gasteiger partial charge < -0.3 is 14.4 Å².